The van der Waals surface area contributed by atoms with Gasteiger partial charge in [0, 0.05) is 5.54 Å². The third-order valence-electron chi connectivity index (χ3n) is 3.66. The molecule has 5 heteroatoms. The van der Waals surface area contributed by atoms with E-state index in [1.165, 1.54) is 0 Å². The molecule has 112 valence electrons. The van der Waals surface area contributed by atoms with Crippen LogP contribution in [-0.2, 0) is 4.79 Å². The van der Waals surface area contributed by atoms with Gasteiger partial charge in [0.2, 0.25) is 5.91 Å². The minimum Gasteiger partial charge on any atom is -0.495 e. The van der Waals surface area contributed by atoms with Crippen molar-refractivity contribution < 1.29 is 14.6 Å². The van der Waals surface area contributed by atoms with Crippen LogP contribution in [0.15, 0.2) is 24.3 Å². The summed E-state index contributed by atoms with van der Waals surface area (Å²) in [5.74, 6) is 0.467. The van der Waals surface area contributed by atoms with Crippen molar-refractivity contribution in [1.82, 2.24) is 5.32 Å². The van der Waals surface area contributed by atoms with Crippen LogP contribution < -0.4 is 15.4 Å². The van der Waals surface area contributed by atoms with Gasteiger partial charge in [0.25, 0.3) is 0 Å². The molecular formula is C15H24N2O3. The molecule has 0 saturated heterocycles. The zero-order chi connectivity index (χ0) is 15.0. The van der Waals surface area contributed by atoms with Crippen LogP contribution in [0.2, 0.25) is 0 Å². The Hall–Kier alpha value is -1.59. The predicted octanol–water partition coefficient (Wildman–Crippen LogP) is 1.77. The normalized spacial score (nSPS) is 11.2. The Morgan fingerprint density at radius 1 is 1.30 bits per heavy atom. The Morgan fingerprint density at radius 3 is 2.50 bits per heavy atom. The summed E-state index contributed by atoms with van der Waals surface area (Å²) in [5, 5.41) is 15.4. The van der Waals surface area contributed by atoms with Gasteiger partial charge in [-0.15, -0.1) is 0 Å². The summed E-state index contributed by atoms with van der Waals surface area (Å²) < 4.78 is 5.18. The summed E-state index contributed by atoms with van der Waals surface area (Å²) in [7, 11) is 1.56. The van der Waals surface area contributed by atoms with Gasteiger partial charge in [-0.1, -0.05) is 26.0 Å². The first-order valence-corrected chi connectivity index (χ1v) is 6.89. The number of carbonyl (C=O) groups excluding carboxylic acids is 1. The zero-order valence-corrected chi connectivity index (χ0v) is 12.4. The summed E-state index contributed by atoms with van der Waals surface area (Å²) >= 11 is 0. The number of nitrogens with one attached hydrogen (secondary N) is 2. The molecule has 0 bridgehead atoms. The second-order valence-electron chi connectivity index (χ2n) is 4.75. The van der Waals surface area contributed by atoms with E-state index in [-0.39, 0.29) is 19.1 Å². The van der Waals surface area contributed by atoms with Gasteiger partial charge >= 0.3 is 0 Å². The summed E-state index contributed by atoms with van der Waals surface area (Å²) in [4.78, 5) is 12.0. The van der Waals surface area contributed by atoms with E-state index >= 15 is 0 Å². The lowest BCUT2D eigenvalue weighted by molar-refractivity contribution is -0.115. The molecule has 0 radical (unpaired) electrons. The molecule has 1 aromatic rings. The summed E-state index contributed by atoms with van der Waals surface area (Å²) in [6, 6.07) is 7.26. The van der Waals surface area contributed by atoms with E-state index < -0.39 is 5.54 Å². The first-order chi connectivity index (χ1) is 9.60. The van der Waals surface area contributed by atoms with Crippen LogP contribution in [0.3, 0.4) is 0 Å². The summed E-state index contributed by atoms with van der Waals surface area (Å²) in [5.41, 5.74) is 0.252. The van der Waals surface area contributed by atoms with Crippen LogP contribution in [0.25, 0.3) is 0 Å². The van der Waals surface area contributed by atoms with Crippen molar-refractivity contribution in [1.29, 1.82) is 0 Å². The number of ether oxygens (including phenoxy) is 1. The molecule has 0 atom stereocenters. The molecule has 5 nitrogen and oxygen atoms in total. The average molecular weight is 280 g/mol. The fourth-order valence-corrected chi connectivity index (χ4v) is 1.99. The minimum absolute atomic E-state index is 0.0158. The van der Waals surface area contributed by atoms with E-state index in [4.69, 9.17) is 4.74 Å². The Morgan fingerprint density at radius 2 is 1.95 bits per heavy atom. The Bertz CT molecular complexity index is 423. The Kier molecular flexibility index (Phi) is 6.48. The van der Waals surface area contributed by atoms with Crippen molar-refractivity contribution in [3.8, 4) is 5.75 Å². The standard InChI is InChI=1S/C15H24N2O3/c1-4-15(5-2,11-18)16-10-14(19)17-12-8-6-7-9-13(12)20-3/h6-9,16,18H,4-5,10-11H2,1-3H3,(H,17,19). The number of amides is 1. The molecule has 1 amide bonds. The Labute approximate surface area is 120 Å². The molecule has 0 aliphatic heterocycles. The summed E-state index contributed by atoms with van der Waals surface area (Å²) in [6.07, 6.45) is 1.53. The van der Waals surface area contributed by atoms with Gasteiger partial charge < -0.3 is 20.5 Å². The van der Waals surface area contributed by atoms with Gasteiger partial charge in [-0.3, -0.25) is 4.79 Å². The van der Waals surface area contributed by atoms with Crippen molar-refractivity contribution in [2.75, 3.05) is 25.6 Å². The molecule has 1 aromatic carbocycles. The molecular weight excluding hydrogens is 256 g/mol. The van der Waals surface area contributed by atoms with Crippen LogP contribution in [0, 0.1) is 0 Å². The summed E-state index contributed by atoms with van der Waals surface area (Å²) in [6.45, 7) is 4.15. The second-order valence-corrected chi connectivity index (χ2v) is 4.75. The maximum atomic E-state index is 12.0. The molecule has 0 aromatic heterocycles. The lowest BCUT2D eigenvalue weighted by Crippen LogP contribution is -2.50. The molecule has 20 heavy (non-hydrogen) atoms. The number of aliphatic hydroxyl groups excluding tert-OH is 1. The smallest absolute Gasteiger partial charge is 0.238 e. The topological polar surface area (TPSA) is 70.6 Å². The van der Waals surface area contributed by atoms with Crippen molar-refractivity contribution >= 4 is 11.6 Å². The number of carbonyl (C=O) groups is 1. The SMILES string of the molecule is CCC(CC)(CO)NCC(=O)Nc1ccccc1OC. The molecule has 0 aliphatic carbocycles. The van der Waals surface area contributed by atoms with Gasteiger partial charge in [0.15, 0.2) is 0 Å². The number of para-hydroxylation sites is 2. The number of benzene rings is 1. The molecule has 3 N–H and O–H groups in total. The molecule has 0 unspecified atom stereocenters. The van der Waals surface area contributed by atoms with E-state index in [9.17, 15) is 9.90 Å². The fourth-order valence-electron chi connectivity index (χ4n) is 1.99. The van der Waals surface area contributed by atoms with Crippen LogP contribution in [-0.4, -0.2) is 36.8 Å². The Balaban J connectivity index is 2.60. The number of rotatable bonds is 8. The largest absolute Gasteiger partial charge is 0.495 e. The third kappa shape index (κ3) is 4.21. The first kappa shape index (κ1) is 16.5. The van der Waals surface area contributed by atoms with E-state index in [2.05, 4.69) is 10.6 Å². The van der Waals surface area contributed by atoms with Crippen LogP contribution >= 0.6 is 0 Å². The third-order valence-corrected chi connectivity index (χ3v) is 3.66. The van der Waals surface area contributed by atoms with Crippen LogP contribution in [0.1, 0.15) is 26.7 Å². The van der Waals surface area contributed by atoms with Gasteiger partial charge in [-0.25, -0.2) is 0 Å². The van der Waals surface area contributed by atoms with Crippen molar-refractivity contribution in [2.24, 2.45) is 0 Å². The highest BCUT2D eigenvalue weighted by Gasteiger charge is 2.25. The number of hydrogen-bond donors (Lipinski definition) is 3. The quantitative estimate of drug-likeness (QED) is 0.679. The molecule has 0 aliphatic rings. The zero-order valence-electron chi connectivity index (χ0n) is 12.4. The highest BCUT2D eigenvalue weighted by molar-refractivity contribution is 5.93. The molecule has 0 fully saturated rings. The number of methoxy groups -OCH3 is 1. The highest BCUT2D eigenvalue weighted by Crippen LogP contribution is 2.22. The maximum Gasteiger partial charge on any atom is 0.238 e. The monoisotopic (exact) mass is 280 g/mol. The van der Waals surface area contributed by atoms with E-state index in [1.54, 1.807) is 19.2 Å². The predicted molar refractivity (Wildman–Crippen MR) is 80.0 cm³/mol. The van der Waals surface area contributed by atoms with Crippen molar-refractivity contribution in [3.63, 3.8) is 0 Å². The van der Waals surface area contributed by atoms with Gasteiger partial charge in [0.05, 0.1) is 25.9 Å². The molecule has 0 heterocycles. The van der Waals surface area contributed by atoms with Crippen molar-refractivity contribution in [3.05, 3.63) is 24.3 Å². The fraction of sp³-hybridized carbons (Fsp3) is 0.533. The lowest BCUT2D eigenvalue weighted by atomic mass is 9.94. The number of hydrogen-bond acceptors (Lipinski definition) is 4. The maximum absolute atomic E-state index is 12.0. The first-order valence-electron chi connectivity index (χ1n) is 6.89. The minimum atomic E-state index is -0.391. The average Bonchev–Trinajstić information content (AvgIpc) is 2.50. The molecule has 0 spiro atoms. The van der Waals surface area contributed by atoms with Crippen LogP contribution in [0.4, 0.5) is 5.69 Å². The number of aliphatic hydroxyl groups is 1. The molecule has 0 saturated carbocycles. The van der Waals surface area contributed by atoms with Crippen LogP contribution in [0.5, 0.6) is 5.75 Å². The van der Waals surface area contributed by atoms with E-state index in [1.807, 2.05) is 26.0 Å². The van der Waals surface area contributed by atoms with Gasteiger partial charge in [-0.2, -0.15) is 0 Å². The second kappa shape index (κ2) is 7.87. The van der Waals surface area contributed by atoms with Crippen molar-refractivity contribution in [2.45, 2.75) is 32.2 Å². The molecule has 1 rings (SSSR count). The van der Waals surface area contributed by atoms with E-state index in [0.29, 0.717) is 11.4 Å². The van der Waals surface area contributed by atoms with E-state index in [0.717, 1.165) is 12.8 Å². The van der Waals surface area contributed by atoms with Gasteiger partial charge in [0.1, 0.15) is 5.75 Å². The lowest BCUT2D eigenvalue weighted by Gasteiger charge is -2.30. The number of anilines is 1. The highest BCUT2D eigenvalue weighted by atomic mass is 16.5. The van der Waals surface area contributed by atoms with Gasteiger partial charge in [-0.05, 0) is 25.0 Å².